The molecule has 10 nitrogen and oxygen atoms in total. The second kappa shape index (κ2) is 11.1. The molecule has 1 unspecified atom stereocenters. The second-order valence-electron chi connectivity index (χ2n) is 9.66. The number of nitrogens with zero attached hydrogens (tertiary/aromatic N) is 3. The summed E-state index contributed by atoms with van der Waals surface area (Å²) in [7, 11) is 1.59. The lowest BCUT2D eigenvalue weighted by atomic mass is 9.85. The van der Waals surface area contributed by atoms with E-state index in [1.807, 2.05) is 35.3 Å². The average molecular weight is 517 g/mol. The van der Waals surface area contributed by atoms with Gasteiger partial charge in [-0.15, -0.1) is 0 Å². The van der Waals surface area contributed by atoms with Crippen molar-refractivity contribution in [3.63, 3.8) is 0 Å². The molecular formula is C28H32N6O4. The van der Waals surface area contributed by atoms with Crippen LogP contribution in [-0.4, -0.2) is 45.4 Å². The minimum atomic E-state index is -0.639. The Balaban J connectivity index is 1.41. The number of aromatic nitrogens is 3. The zero-order chi connectivity index (χ0) is 26.6. The number of unbranched alkanes of at least 4 members (excludes halogenated alkanes) is 1. The van der Waals surface area contributed by atoms with Crippen LogP contribution >= 0.6 is 0 Å². The van der Waals surface area contributed by atoms with Gasteiger partial charge in [0.1, 0.15) is 11.6 Å². The van der Waals surface area contributed by atoms with Crippen LogP contribution in [0.25, 0.3) is 11.1 Å². The number of pyridine rings is 1. The minimum Gasteiger partial charge on any atom is -0.494 e. The number of aliphatic hydroxyl groups is 1. The highest BCUT2D eigenvalue weighted by molar-refractivity contribution is 6.01. The first-order chi connectivity index (χ1) is 18.5. The van der Waals surface area contributed by atoms with Crippen LogP contribution in [-0.2, 0) is 4.79 Å². The molecule has 198 valence electrons. The van der Waals surface area contributed by atoms with E-state index < -0.39 is 5.91 Å². The molecule has 5 rings (SSSR count). The van der Waals surface area contributed by atoms with Gasteiger partial charge in [0.15, 0.2) is 0 Å². The van der Waals surface area contributed by atoms with Gasteiger partial charge in [-0.25, -0.2) is 4.98 Å². The molecule has 2 amide bonds. The quantitative estimate of drug-likeness (QED) is 0.221. The Kier molecular flexibility index (Phi) is 7.41. The van der Waals surface area contributed by atoms with E-state index in [2.05, 4.69) is 26.8 Å². The van der Waals surface area contributed by atoms with Gasteiger partial charge in [-0.2, -0.15) is 5.10 Å². The van der Waals surface area contributed by atoms with Gasteiger partial charge in [0.05, 0.1) is 36.3 Å². The van der Waals surface area contributed by atoms with E-state index in [0.29, 0.717) is 22.9 Å². The standard InChI is InChI=1S/C28H32N6O4/c1-38-26-20(19-14-31-34(16-19)24-11-10-17(24)5-2-3-12-35)6-4-7-22(26)32-23-13-25(30-15-21(23)27(29)36)33-28(37)18-8-9-18/h4-7,13-16,18,24,35H,2-3,8-12H2,1H3,(H2,29,36)(H2,30,32,33,37)/b17-5+. The molecule has 2 aliphatic rings. The number of carbonyl (C=O) groups excluding carboxylic acids is 2. The molecule has 2 aromatic heterocycles. The predicted molar refractivity (Wildman–Crippen MR) is 144 cm³/mol. The van der Waals surface area contributed by atoms with E-state index in [1.165, 1.54) is 11.8 Å². The van der Waals surface area contributed by atoms with Gasteiger partial charge in [-0.1, -0.05) is 18.2 Å². The highest BCUT2D eigenvalue weighted by Crippen LogP contribution is 2.41. The number of hydrogen-bond donors (Lipinski definition) is 4. The lowest BCUT2D eigenvalue weighted by Gasteiger charge is -2.30. The van der Waals surface area contributed by atoms with E-state index in [-0.39, 0.29) is 30.0 Å². The number of ether oxygens (including phenoxy) is 1. The summed E-state index contributed by atoms with van der Waals surface area (Å²) >= 11 is 0. The monoisotopic (exact) mass is 516 g/mol. The molecule has 10 heteroatoms. The SMILES string of the molecule is COc1c(Nc2cc(NC(=O)C3CC3)ncc2C(N)=O)cccc1-c1cnn(C2CC/C2=C\CCCO)c1. The zero-order valence-electron chi connectivity index (χ0n) is 21.3. The number of nitrogens with two attached hydrogens (primary N) is 1. The Morgan fingerprint density at radius 1 is 1.24 bits per heavy atom. The van der Waals surface area contributed by atoms with Gasteiger partial charge >= 0.3 is 0 Å². The Labute approximate surface area is 220 Å². The molecule has 0 radical (unpaired) electrons. The molecule has 0 spiro atoms. The van der Waals surface area contributed by atoms with Crippen LogP contribution in [0.2, 0.25) is 0 Å². The van der Waals surface area contributed by atoms with E-state index in [1.54, 1.807) is 13.2 Å². The molecule has 0 aliphatic heterocycles. The van der Waals surface area contributed by atoms with Crippen LogP contribution in [0.4, 0.5) is 17.2 Å². The van der Waals surface area contributed by atoms with Crippen molar-refractivity contribution in [3.8, 4) is 16.9 Å². The smallest absolute Gasteiger partial charge is 0.252 e. The molecule has 1 atom stereocenters. The van der Waals surface area contributed by atoms with Gasteiger partial charge in [0.25, 0.3) is 5.91 Å². The van der Waals surface area contributed by atoms with E-state index >= 15 is 0 Å². The number of benzene rings is 1. The highest BCUT2D eigenvalue weighted by atomic mass is 16.5. The maximum atomic E-state index is 12.2. The third kappa shape index (κ3) is 5.40. The van der Waals surface area contributed by atoms with E-state index in [0.717, 1.165) is 49.7 Å². The van der Waals surface area contributed by atoms with E-state index in [4.69, 9.17) is 15.6 Å². The number of allylic oxidation sites excluding steroid dienone is 2. The number of para-hydroxylation sites is 1. The van der Waals surface area contributed by atoms with Gasteiger partial charge in [0, 0.05) is 42.1 Å². The number of methoxy groups -OCH3 is 1. The van der Waals surface area contributed by atoms with Crippen LogP contribution in [0.3, 0.4) is 0 Å². The first-order valence-corrected chi connectivity index (χ1v) is 12.9. The Morgan fingerprint density at radius 3 is 2.76 bits per heavy atom. The maximum absolute atomic E-state index is 12.2. The minimum absolute atomic E-state index is 0.0220. The molecule has 5 N–H and O–H groups in total. The molecule has 2 saturated carbocycles. The van der Waals surface area contributed by atoms with Crippen LogP contribution in [0.15, 0.2) is 54.5 Å². The number of nitrogens with one attached hydrogen (secondary N) is 2. The number of rotatable bonds is 11. The van der Waals surface area contributed by atoms with Crippen molar-refractivity contribution in [3.05, 3.63) is 60.1 Å². The zero-order valence-corrected chi connectivity index (χ0v) is 21.3. The van der Waals surface area contributed by atoms with Crippen molar-refractivity contribution >= 4 is 29.0 Å². The topological polar surface area (TPSA) is 144 Å². The summed E-state index contributed by atoms with van der Waals surface area (Å²) in [4.78, 5) is 28.5. The van der Waals surface area contributed by atoms with Crippen molar-refractivity contribution in [1.29, 1.82) is 0 Å². The molecule has 0 saturated heterocycles. The Bertz CT molecular complexity index is 1380. The normalized spacial score (nSPS) is 17.6. The number of hydrogen-bond acceptors (Lipinski definition) is 7. The molecule has 1 aromatic carbocycles. The number of primary amides is 1. The van der Waals surface area contributed by atoms with Crippen LogP contribution < -0.4 is 21.1 Å². The molecule has 2 fully saturated rings. The lowest BCUT2D eigenvalue weighted by molar-refractivity contribution is -0.117. The number of carbonyl (C=O) groups is 2. The van der Waals surface area contributed by atoms with Crippen molar-refractivity contribution in [2.45, 2.75) is 44.6 Å². The number of amides is 2. The van der Waals surface area contributed by atoms with E-state index in [9.17, 15) is 9.59 Å². The van der Waals surface area contributed by atoms with Crippen molar-refractivity contribution in [2.75, 3.05) is 24.4 Å². The molecular weight excluding hydrogens is 484 g/mol. The summed E-state index contributed by atoms with van der Waals surface area (Å²) in [5, 5.41) is 19.7. The fourth-order valence-corrected chi connectivity index (χ4v) is 4.63. The maximum Gasteiger partial charge on any atom is 0.252 e. The average Bonchev–Trinajstić information content (AvgIpc) is 3.64. The lowest BCUT2D eigenvalue weighted by Crippen LogP contribution is -2.21. The number of aliphatic hydroxyl groups excluding tert-OH is 1. The van der Waals surface area contributed by atoms with Gasteiger partial charge in [-0.3, -0.25) is 14.3 Å². The summed E-state index contributed by atoms with van der Waals surface area (Å²) in [6.07, 6.45) is 12.9. The summed E-state index contributed by atoms with van der Waals surface area (Å²) in [5.41, 5.74) is 9.92. The first-order valence-electron chi connectivity index (χ1n) is 12.9. The molecule has 0 bridgehead atoms. The molecule has 3 aromatic rings. The molecule has 38 heavy (non-hydrogen) atoms. The Morgan fingerprint density at radius 2 is 2.08 bits per heavy atom. The second-order valence-corrected chi connectivity index (χ2v) is 9.66. The van der Waals surface area contributed by atoms with Crippen molar-refractivity contribution in [2.24, 2.45) is 11.7 Å². The fourth-order valence-electron chi connectivity index (χ4n) is 4.63. The third-order valence-corrected chi connectivity index (χ3v) is 6.99. The fraction of sp³-hybridized carbons (Fsp3) is 0.357. The summed E-state index contributed by atoms with van der Waals surface area (Å²) in [5.74, 6) is 0.225. The largest absolute Gasteiger partial charge is 0.494 e. The third-order valence-electron chi connectivity index (χ3n) is 6.99. The predicted octanol–water partition coefficient (Wildman–Crippen LogP) is 4.18. The van der Waals surface area contributed by atoms with Crippen LogP contribution in [0, 0.1) is 5.92 Å². The first kappa shape index (κ1) is 25.5. The summed E-state index contributed by atoms with van der Waals surface area (Å²) in [6.45, 7) is 0.196. The van der Waals surface area contributed by atoms with Crippen LogP contribution in [0.1, 0.15) is 54.9 Å². The summed E-state index contributed by atoms with van der Waals surface area (Å²) in [6, 6.07) is 7.52. The highest BCUT2D eigenvalue weighted by Gasteiger charge is 2.30. The van der Waals surface area contributed by atoms with Crippen LogP contribution in [0.5, 0.6) is 5.75 Å². The van der Waals surface area contributed by atoms with Gasteiger partial charge < -0.3 is 26.2 Å². The van der Waals surface area contributed by atoms with Crippen molar-refractivity contribution in [1.82, 2.24) is 14.8 Å². The van der Waals surface area contributed by atoms with Gasteiger partial charge in [-0.05, 0) is 50.2 Å². The Hall–Kier alpha value is -4.18. The van der Waals surface area contributed by atoms with Crippen molar-refractivity contribution < 1.29 is 19.4 Å². The molecule has 2 aliphatic carbocycles. The summed E-state index contributed by atoms with van der Waals surface area (Å²) < 4.78 is 7.78. The molecule has 2 heterocycles. The van der Waals surface area contributed by atoms with Gasteiger partial charge in [0.2, 0.25) is 5.91 Å². The number of anilines is 3.